The van der Waals surface area contributed by atoms with Crippen molar-refractivity contribution in [3.63, 3.8) is 0 Å². The average molecular weight is 378 g/mol. The second-order valence-corrected chi connectivity index (χ2v) is 6.95. The lowest BCUT2D eigenvalue weighted by molar-refractivity contribution is 0.746. The highest BCUT2D eigenvalue weighted by atomic mass is 32.2. The SMILES string of the molecule is CNc1ccnc2ccc(Sc3nnc4ccc(C(C=N)CN)nn34)cc12. The Morgan fingerprint density at radius 1 is 1.26 bits per heavy atom. The molecule has 136 valence electrons. The normalized spacial score (nSPS) is 12.4. The summed E-state index contributed by atoms with van der Waals surface area (Å²) in [6.07, 6.45) is 3.09. The Morgan fingerprint density at radius 2 is 2.15 bits per heavy atom. The van der Waals surface area contributed by atoms with Crippen molar-refractivity contribution in [3.8, 4) is 0 Å². The van der Waals surface area contributed by atoms with Crippen LogP contribution in [0.15, 0.2) is 52.6 Å². The topological polar surface area (TPSA) is 118 Å². The van der Waals surface area contributed by atoms with E-state index in [0.29, 0.717) is 17.3 Å². The van der Waals surface area contributed by atoms with Gasteiger partial charge in [-0.2, -0.15) is 9.61 Å². The van der Waals surface area contributed by atoms with Crippen molar-refractivity contribution in [2.24, 2.45) is 5.73 Å². The van der Waals surface area contributed by atoms with E-state index in [2.05, 4.69) is 31.7 Å². The van der Waals surface area contributed by atoms with Crippen molar-refractivity contribution in [2.45, 2.75) is 16.0 Å². The fraction of sp³-hybridized carbons (Fsp3) is 0.167. The molecule has 0 saturated heterocycles. The molecule has 1 atom stereocenters. The number of rotatable bonds is 6. The summed E-state index contributed by atoms with van der Waals surface area (Å²) in [7, 11) is 1.89. The number of nitrogens with two attached hydrogens (primary N) is 1. The number of pyridine rings is 1. The van der Waals surface area contributed by atoms with Gasteiger partial charge in [0, 0.05) is 47.9 Å². The van der Waals surface area contributed by atoms with Gasteiger partial charge in [-0.15, -0.1) is 10.2 Å². The lowest BCUT2D eigenvalue weighted by atomic mass is 10.1. The number of fused-ring (bicyclic) bond motifs is 2. The predicted octanol–water partition coefficient (Wildman–Crippen LogP) is 2.56. The number of anilines is 1. The summed E-state index contributed by atoms with van der Waals surface area (Å²) in [4.78, 5) is 5.41. The summed E-state index contributed by atoms with van der Waals surface area (Å²) in [5.41, 5.74) is 9.05. The second kappa shape index (κ2) is 7.29. The maximum Gasteiger partial charge on any atom is 0.217 e. The fourth-order valence-electron chi connectivity index (χ4n) is 2.83. The molecular formula is C18H18N8S. The van der Waals surface area contributed by atoms with Crippen LogP contribution in [0.2, 0.25) is 0 Å². The van der Waals surface area contributed by atoms with Crippen LogP contribution < -0.4 is 11.1 Å². The van der Waals surface area contributed by atoms with Crippen molar-refractivity contribution in [1.29, 1.82) is 5.41 Å². The van der Waals surface area contributed by atoms with Gasteiger partial charge in [-0.3, -0.25) is 4.98 Å². The Kier molecular flexibility index (Phi) is 4.69. The maximum absolute atomic E-state index is 7.51. The van der Waals surface area contributed by atoms with E-state index in [9.17, 15) is 0 Å². The van der Waals surface area contributed by atoms with E-state index in [1.807, 2.05) is 37.4 Å². The van der Waals surface area contributed by atoms with E-state index in [1.54, 1.807) is 10.7 Å². The zero-order valence-electron chi connectivity index (χ0n) is 14.6. The van der Waals surface area contributed by atoms with Gasteiger partial charge >= 0.3 is 0 Å². The summed E-state index contributed by atoms with van der Waals surface area (Å²) in [6.45, 7) is 0.330. The fourth-order valence-corrected chi connectivity index (χ4v) is 3.66. The van der Waals surface area contributed by atoms with Crippen LogP contribution in [0.25, 0.3) is 16.6 Å². The van der Waals surface area contributed by atoms with Crippen LogP contribution in [0.3, 0.4) is 0 Å². The van der Waals surface area contributed by atoms with Gasteiger partial charge in [-0.05, 0) is 48.2 Å². The number of benzene rings is 1. The summed E-state index contributed by atoms with van der Waals surface area (Å²) in [5.74, 6) is -0.223. The Hall–Kier alpha value is -3.04. The van der Waals surface area contributed by atoms with E-state index in [0.717, 1.165) is 27.2 Å². The van der Waals surface area contributed by atoms with Crippen molar-refractivity contribution >= 4 is 40.2 Å². The molecule has 1 unspecified atom stereocenters. The van der Waals surface area contributed by atoms with Crippen LogP contribution in [-0.4, -0.2) is 44.6 Å². The molecule has 9 heteroatoms. The third kappa shape index (κ3) is 3.22. The maximum atomic E-state index is 7.51. The lowest BCUT2D eigenvalue weighted by Gasteiger charge is -2.09. The molecule has 27 heavy (non-hydrogen) atoms. The van der Waals surface area contributed by atoms with Crippen molar-refractivity contribution in [1.82, 2.24) is 24.8 Å². The number of aromatic nitrogens is 5. The van der Waals surface area contributed by atoms with E-state index in [1.165, 1.54) is 18.0 Å². The smallest absolute Gasteiger partial charge is 0.217 e. The number of hydrogen-bond acceptors (Lipinski definition) is 8. The molecule has 4 rings (SSSR count). The van der Waals surface area contributed by atoms with Crippen LogP contribution in [0.1, 0.15) is 11.6 Å². The summed E-state index contributed by atoms with van der Waals surface area (Å²) < 4.78 is 1.69. The molecule has 0 saturated carbocycles. The van der Waals surface area contributed by atoms with E-state index in [4.69, 9.17) is 11.1 Å². The van der Waals surface area contributed by atoms with Gasteiger partial charge in [0.1, 0.15) is 0 Å². The van der Waals surface area contributed by atoms with Crippen LogP contribution >= 0.6 is 11.8 Å². The first-order chi connectivity index (χ1) is 13.2. The van der Waals surface area contributed by atoms with Gasteiger partial charge in [-0.1, -0.05) is 0 Å². The van der Waals surface area contributed by atoms with Gasteiger partial charge in [0.15, 0.2) is 5.65 Å². The van der Waals surface area contributed by atoms with Crippen LogP contribution in [0, 0.1) is 5.41 Å². The molecule has 0 aliphatic rings. The summed E-state index contributed by atoms with van der Waals surface area (Å²) >= 11 is 1.48. The highest BCUT2D eigenvalue weighted by molar-refractivity contribution is 7.99. The molecule has 0 spiro atoms. The highest BCUT2D eigenvalue weighted by Crippen LogP contribution is 2.31. The molecule has 8 nitrogen and oxygen atoms in total. The van der Waals surface area contributed by atoms with E-state index >= 15 is 0 Å². The van der Waals surface area contributed by atoms with Crippen molar-refractivity contribution in [3.05, 3.63) is 48.3 Å². The molecular weight excluding hydrogens is 360 g/mol. The zero-order chi connectivity index (χ0) is 18.8. The average Bonchev–Trinajstić information content (AvgIpc) is 3.10. The minimum atomic E-state index is -0.223. The lowest BCUT2D eigenvalue weighted by Crippen LogP contribution is -2.16. The Balaban J connectivity index is 1.74. The molecule has 0 aliphatic carbocycles. The van der Waals surface area contributed by atoms with E-state index in [-0.39, 0.29) is 5.92 Å². The number of nitrogens with one attached hydrogen (secondary N) is 2. The Bertz CT molecular complexity index is 1120. The minimum Gasteiger partial charge on any atom is -0.388 e. The standard InChI is InChI=1S/C18H18N8S/c1-21-15-6-7-22-16-3-2-12(8-13(15)16)27-18-24-23-17-5-4-14(25-26(17)18)11(9-19)10-20/h2-9,11,19H,10,20H2,1H3,(H,21,22). The first-order valence-corrected chi connectivity index (χ1v) is 9.22. The van der Waals surface area contributed by atoms with Gasteiger partial charge < -0.3 is 16.5 Å². The molecule has 0 bridgehead atoms. The third-order valence-corrected chi connectivity index (χ3v) is 5.21. The van der Waals surface area contributed by atoms with Crippen LogP contribution in [-0.2, 0) is 0 Å². The molecule has 3 aromatic heterocycles. The number of hydrogen-bond donors (Lipinski definition) is 3. The highest BCUT2D eigenvalue weighted by Gasteiger charge is 2.14. The Labute approximate surface area is 159 Å². The summed E-state index contributed by atoms with van der Waals surface area (Å²) in [5, 5.41) is 25.4. The molecule has 1 aromatic carbocycles. The molecule has 4 N–H and O–H groups in total. The van der Waals surface area contributed by atoms with Gasteiger partial charge in [0.2, 0.25) is 5.16 Å². The second-order valence-electron chi connectivity index (χ2n) is 5.91. The van der Waals surface area contributed by atoms with Gasteiger partial charge in [0.25, 0.3) is 0 Å². The predicted molar refractivity (Wildman–Crippen MR) is 107 cm³/mol. The Morgan fingerprint density at radius 3 is 2.93 bits per heavy atom. The minimum absolute atomic E-state index is 0.223. The zero-order valence-corrected chi connectivity index (χ0v) is 15.4. The molecule has 0 radical (unpaired) electrons. The van der Waals surface area contributed by atoms with Crippen molar-refractivity contribution < 1.29 is 0 Å². The molecule has 3 heterocycles. The van der Waals surface area contributed by atoms with Crippen molar-refractivity contribution in [2.75, 3.05) is 18.9 Å². The molecule has 4 aromatic rings. The largest absolute Gasteiger partial charge is 0.388 e. The first kappa shape index (κ1) is 17.4. The number of nitrogens with zero attached hydrogens (tertiary/aromatic N) is 5. The van der Waals surface area contributed by atoms with Crippen LogP contribution in [0.5, 0.6) is 0 Å². The van der Waals surface area contributed by atoms with Crippen LogP contribution in [0.4, 0.5) is 5.69 Å². The first-order valence-electron chi connectivity index (χ1n) is 8.41. The quantitative estimate of drug-likeness (QED) is 0.441. The molecule has 0 aliphatic heterocycles. The van der Waals surface area contributed by atoms with Gasteiger partial charge in [-0.25, -0.2) is 0 Å². The van der Waals surface area contributed by atoms with Gasteiger partial charge in [0.05, 0.1) is 11.2 Å². The molecule has 0 fully saturated rings. The molecule has 0 amide bonds. The van der Waals surface area contributed by atoms with E-state index < -0.39 is 0 Å². The third-order valence-electron chi connectivity index (χ3n) is 4.28. The monoisotopic (exact) mass is 378 g/mol. The summed E-state index contributed by atoms with van der Waals surface area (Å²) in [6, 6.07) is 11.7.